The third-order valence-corrected chi connectivity index (χ3v) is 3.05. The van der Waals surface area contributed by atoms with E-state index in [-0.39, 0.29) is 0 Å². The summed E-state index contributed by atoms with van der Waals surface area (Å²) >= 11 is 18.1. The molecule has 0 aliphatic carbocycles. The fourth-order valence-electron chi connectivity index (χ4n) is 1.52. The van der Waals surface area contributed by atoms with Crippen LogP contribution in [0.1, 0.15) is 0 Å². The Morgan fingerprint density at radius 1 is 0.875 bits per heavy atom. The van der Waals surface area contributed by atoms with Gasteiger partial charge in [0.15, 0.2) is 0 Å². The second kappa shape index (κ2) is 4.54. The lowest BCUT2D eigenvalue weighted by molar-refractivity contribution is 1.61. The van der Waals surface area contributed by atoms with Crippen LogP contribution in [0, 0.1) is 0 Å². The predicted octanol–water partition coefficient (Wildman–Crippen LogP) is 4.90. The van der Waals surface area contributed by atoms with Crippen molar-refractivity contribution in [3.05, 3.63) is 51.5 Å². The van der Waals surface area contributed by atoms with Crippen molar-refractivity contribution in [1.29, 1.82) is 0 Å². The van der Waals surface area contributed by atoms with Gasteiger partial charge < -0.3 is 5.73 Å². The van der Waals surface area contributed by atoms with E-state index in [2.05, 4.69) is 0 Å². The summed E-state index contributed by atoms with van der Waals surface area (Å²) in [6.45, 7) is 0. The molecule has 2 aromatic rings. The summed E-state index contributed by atoms with van der Waals surface area (Å²) < 4.78 is 0. The van der Waals surface area contributed by atoms with E-state index in [9.17, 15) is 0 Å². The Bertz CT molecular complexity index is 515. The summed E-state index contributed by atoms with van der Waals surface area (Å²) in [6.07, 6.45) is 0. The van der Waals surface area contributed by atoms with E-state index in [0.717, 1.165) is 5.56 Å². The van der Waals surface area contributed by atoms with E-state index < -0.39 is 0 Å². The van der Waals surface area contributed by atoms with Gasteiger partial charge in [0.05, 0.1) is 10.0 Å². The topological polar surface area (TPSA) is 26.0 Å². The van der Waals surface area contributed by atoms with Gasteiger partial charge in [-0.05, 0) is 18.2 Å². The maximum Gasteiger partial charge on any atom is 0.0514 e. The first-order valence-electron chi connectivity index (χ1n) is 4.59. The van der Waals surface area contributed by atoms with Crippen LogP contribution in [0.25, 0.3) is 11.1 Å². The van der Waals surface area contributed by atoms with E-state index >= 15 is 0 Å². The van der Waals surface area contributed by atoms with Crippen molar-refractivity contribution in [2.24, 2.45) is 0 Å². The standard InChI is InChI=1S/C12H8Cl3N/c13-7-5-9(14)12(10(15)6-7)8-3-1-2-4-11(8)16/h1-6H,16H2. The molecule has 0 aliphatic rings. The molecule has 2 N–H and O–H groups in total. The van der Waals surface area contributed by atoms with Gasteiger partial charge in [-0.1, -0.05) is 53.0 Å². The Hall–Kier alpha value is -0.890. The number of anilines is 1. The maximum atomic E-state index is 6.12. The summed E-state index contributed by atoms with van der Waals surface area (Å²) in [5.74, 6) is 0. The zero-order chi connectivity index (χ0) is 11.7. The van der Waals surface area contributed by atoms with Gasteiger partial charge in [0.2, 0.25) is 0 Å². The minimum Gasteiger partial charge on any atom is -0.398 e. The highest BCUT2D eigenvalue weighted by molar-refractivity contribution is 6.42. The van der Waals surface area contributed by atoms with Crippen molar-refractivity contribution >= 4 is 40.5 Å². The molecule has 0 heterocycles. The molecule has 0 radical (unpaired) electrons. The third kappa shape index (κ3) is 2.12. The molecule has 0 aliphatic heterocycles. The van der Waals surface area contributed by atoms with Gasteiger partial charge in [-0.3, -0.25) is 0 Å². The zero-order valence-corrected chi connectivity index (χ0v) is 10.4. The minimum absolute atomic E-state index is 0.496. The first-order chi connectivity index (χ1) is 7.59. The fourth-order valence-corrected chi connectivity index (χ4v) is 2.54. The van der Waals surface area contributed by atoms with E-state index in [4.69, 9.17) is 40.5 Å². The summed E-state index contributed by atoms with van der Waals surface area (Å²) in [5.41, 5.74) is 8.04. The maximum absolute atomic E-state index is 6.12. The molecule has 0 fully saturated rings. The van der Waals surface area contributed by atoms with Crippen LogP contribution in [0.15, 0.2) is 36.4 Å². The van der Waals surface area contributed by atoms with Crippen LogP contribution in [-0.2, 0) is 0 Å². The number of nitrogen functional groups attached to an aromatic ring is 1. The molecule has 4 heteroatoms. The van der Waals surface area contributed by atoms with Gasteiger partial charge in [0, 0.05) is 21.8 Å². The third-order valence-electron chi connectivity index (χ3n) is 2.24. The molecule has 0 saturated carbocycles. The van der Waals surface area contributed by atoms with E-state index in [1.54, 1.807) is 18.2 Å². The van der Waals surface area contributed by atoms with Gasteiger partial charge in [0.1, 0.15) is 0 Å². The van der Waals surface area contributed by atoms with Gasteiger partial charge >= 0.3 is 0 Å². The lowest BCUT2D eigenvalue weighted by Gasteiger charge is -2.10. The number of hydrogen-bond acceptors (Lipinski definition) is 1. The molecule has 0 unspecified atom stereocenters. The Kier molecular flexibility index (Phi) is 3.29. The quantitative estimate of drug-likeness (QED) is 0.734. The number of benzene rings is 2. The van der Waals surface area contributed by atoms with Crippen molar-refractivity contribution in [2.75, 3.05) is 5.73 Å². The number of para-hydroxylation sites is 1. The van der Waals surface area contributed by atoms with E-state index in [1.165, 1.54) is 0 Å². The molecular weight excluding hydrogens is 264 g/mol. The molecule has 0 bridgehead atoms. The molecule has 0 saturated heterocycles. The molecule has 0 aromatic heterocycles. The van der Waals surface area contributed by atoms with Crippen LogP contribution >= 0.6 is 34.8 Å². The lowest BCUT2D eigenvalue weighted by atomic mass is 10.0. The predicted molar refractivity (Wildman–Crippen MR) is 71.3 cm³/mol. The molecule has 82 valence electrons. The first kappa shape index (κ1) is 11.6. The second-order valence-electron chi connectivity index (χ2n) is 3.33. The monoisotopic (exact) mass is 271 g/mol. The van der Waals surface area contributed by atoms with E-state index in [0.29, 0.717) is 26.3 Å². The molecule has 2 aromatic carbocycles. The van der Waals surface area contributed by atoms with Crippen molar-refractivity contribution in [1.82, 2.24) is 0 Å². The summed E-state index contributed by atoms with van der Waals surface area (Å²) in [7, 11) is 0. The van der Waals surface area contributed by atoms with Crippen LogP contribution < -0.4 is 5.73 Å². The van der Waals surface area contributed by atoms with Gasteiger partial charge in [0.25, 0.3) is 0 Å². The Labute approximate surface area is 109 Å². The summed E-state index contributed by atoms with van der Waals surface area (Å²) in [4.78, 5) is 0. The zero-order valence-electron chi connectivity index (χ0n) is 8.18. The fraction of sp³-hybridized carbons (Fsp3) is 0. The number of halogens is 3. The van der Waals surface area contributed by atoms with Crippen molar-refractivity contribution in [3.8, 4) is 11.1 Å². The summed E-state index contributed by atoms with van der Waals surface area (Å²) in [5, 5.41) is 1.50. The van der Waals surface area contributed by atoms with Crippen LogP contribution in [0.4, 0.5) is 5.69 Å². The number of hydrogen-bond donors (Lipinski definition) is 1. The highest BCUT2D eigenvalue weighted by Crippen LogP contribution is 2.39. The van der Waals surface area contributed by atoms with Crippen molar-refractivity contribution < 1.29 is 0 Å². The minimum atomic E-state index is 0.496. The first-order valence-corrected chi connectivity index (χ1v) is 5.72. The van der Waals surface area contributed by atoms with Crippen LogP contribution in [0.3, 0.4) is 0 Å². The number of nitrogens with two attached hydrogens (primary N) is 1. The second-order valence-corrected chi connectivity index (χ2v) is 4.58. The lowest BCUT2D eigenvalue weighted by Crippen LogP contribution is -1.90. The SMILES string of the molecule is Nc1ccccc1-c1c(Cl)cc(Cl)cc1Cl. The largest absolute Gasteiger partial charge is 0.398 e. The van der Waals surface area contributed by atoms with E-state index in [1.807, 2.05) is 18.2 Å². The van der Waals surface area contributed by atoms with Crippen LogP contribution in [-0.4, -0.2) is 0 Å². The molecule has 0 spiro atoms. The van der Waals surface area contributed by atoms with Gasteiger partial charge in [-0.25, -0.2) is 0 Å². The van der Waals surface area contributed by atoms with Crippen LogP contribution in [0.2, 0.25) is 15.1 Å². The molecule has 2 rings (SSSR count). The number of rotatable bonds is 1. The highest BCUT2D eigenvalue weighted by atomic mass is 35.5. The normalized spacial score (nSPS) is 10.4. The van der Waals surface area contributed by atoms with Crippen molar-refractivity contribution in [3.63, 3.8) is 0 Å². The average molecular weight is 273 g/mol. The highest BCUT2D eigenvalue weighted by Gasteiger charge is 2.11. The summed E-state index contributed by atoms with van der Waals surface area (Å²) in [6, 6.07) is 10.7. The molecule has 0 amide bonds. The van der Waals surface area contributed by atoms with Crippen LogP contribution in [0.5, 0.6) is 0 Å². The van der Waals surface area contributed by atoms with Gasteiger partial charge in [-0.2, -0.15) is 0 Å². The van der Waals surface area contributed by atoms with Crippen molar-refractivity contribution in [2.45, 2.75) is 0 Å². The molecular formula is C12H8Cl3N. The Morgan fingerprint density at radius 2 is 1.44 bits per heavy atom. The molecule has 1 nitrogen and oxygen atoms in total. The average Bonchev–Trinajstić information content (AvgIpc) is 2.19. The smallest absolute Gasteiger partial charge is 0.0514 e. The van der Waals surface area contributed by atoms with Gasteiger partial charge in [-0.15, -0.1) is 0 Å². The molecule has 16 heavy (non-hydrogen) atoms. The Balaban J connectivity index is 2.70. The molecule has 0 atom stereocenters. The Morgan fingerprint density at radius 3 is 2.00 bits per heavy atom.